The fraction of sp³-hybridized carbons (Fsp3) is 0.500. The van der Waals surface area contributed by atoms with Crippen LogP contribution in [0.5, 0.6) is 0 Å². The number of anilines is 1. The smallest absolute Gasteiger partial charge is 0.145 e. The molecule has 5 heteroatoms. The zero-order valence-electron chi connectivity index (χ0n) is 8.17. The molecule has 0 atom stereocenters. The molecule has 82 valence electrons. The van der Waals surface area contributed by atoms with Crippen molar-refractivity contribution in [1.82, 2.24) is 4.98 Å². The van der Waals surface area contributed by atoms with Crippen LogP contribution in [0.25, 0.3) is 0 Å². The Morgan fingerprint density at radius 2 is 2.13 bits per heavy atom. The van der Waals surface area contributed by atoms with E-state index < -0.39 is 0 Å². The molecule has 1 aliphatic heterocycles. The Morgan fingerprint density at radius 3 is 2.80 bits per heavy atom. The van der Waals surface area contributed by atoms with Gasteiger partial charge in [-0.3, -0.25) is 0 Å². The molecule has 0 radical (unpaired) electrons. The monoisotopic (exact) mass is 290 g/mol. The first-order valence-electron chi connectivity index (χ1n) is 4.87. The average Bonchev–Trinajstić information content (AvgIpc) is 2.27. The summed E-state index contributed by atoms with van der Waals surface area (Å²) in [6.07, 6.45) is 3.78. The minimum atomic E-state index is 0.420. The number of nitrogens with zero attached hydrogens (tertiary/aromatic N) is 1. The summed E-state index contributed by atoms with van der Waals surface area (Å²) in [6.45, 7) is 1.59. The van der Waals surface area contributed by atoms with Crippen LogP contribution in [0, 0.1) is 0 Å². The summed E-state index contributed by atoms with van der Waals surface area (Å²) >= 11 is 9.21. The number of pyridine rings is 1. The van der Waals surface area contributed by atoms with Gasteiger partial charge in [-0.2, -0.15) is 0 Å². The first-order chi connectivity index (χ1) is 7.20. The third-order valence-corrected chi connectivity index (χ3v) is 4.02. The Morgan fingerprint density at radius 1 is 1.47 bits per heavy atom. The second-order valence-corrected chi connectivity index (χ2v) is 4.77. The van der Waals surface area contributed by atoms with Crippen LogP contribution in [-0.2, 0) is 4.74 Å². The van der Waals surface area contributed by atoms with E-state index in [4.69, 9.17) is 22.1 Å². The van der Waals surface area contributed by atoms with Gasteiger partial charge in [0.15, 0.2) is 0 Å². The maximum absolute atomic E-state index is 6.00. The van der Waals surface area contributed by atoms with Crippen LogP contribution in [0.2, 0.25) is 5.15 Å². The molecule has 0 unspecified atom stereocenters. The molecule has 0 saturated carbocycles. The SMILES string of the molecule is Nc1c(C2CCOCC2)cnc(Cl)c1Br. The molecule has 0 bridgehead atoms. The quantitative estimate of drug-likeness (QED) is 0.809. The maximum Gasteiger partial charge on any atom is 0.145 e. The van der Waals surface area contributed by atoms with Crippen LogP contribution in [-0.4, -0.2) is 18.2 Å². The number of ether oxygens (including phenoxy) is 1. The Labute approximate surface area is 102 Å². The van der Waals surface area contributed by atoms with Gasteiger partial charge in [0, 0.05) is 19.4 Å². The summed E-state index contributed by atoms with van der Waals surface area (Å²) < 4.78 is 6.02. The van der Waals surface area contributed by atoms with Crippen molar-refractivity contribution in [1.29, 1.82) is 0 Å². The summed E-state index contributed by atoms with van der Waals surface area (Å²) in [4.78, 5) is 4.11. The lowest BCUT2D eigenvalue weighted by Crippen LogP contribution is -2.15. The van der Waals surface area contributed by atoms with E-state index in [1.165, 1.54) is 0 Å². The third kappa shape index (κ3) is 2.27. The van der Waals surface area contributed by atoms with Crippen molar-refractivity contribution in [2.24, 2.45) is 0 Å². The predicted octanol–water partition coefficient (Wildman–Crippen LogP) is 2.97. The van der Waals surface area contributed by atoms with Gasteiger partial charge >= 0.3 is 0 Å². The molecule has 1 aliphatic rings. The summed E-state index contributed by atoms with van der Waals surface area (Å²) in [5.41, 5.74) is 7.79. The number of rotatable bonds is 1. The highest BCUT2D eigenvalue weighted by atomic mass is 79.9. The molecule has 1 aromatic heterocycles. The van der Waals surface area contributed by atoms with Crippen molar-refractivity contribution >= 4 is 33.2 Å². The topological polar surface area (TPSA) is 48.1 Å². The van der Waals surface area contributed by atoms with Crippen molar-refractivity contribution in [3.63, 3.8) is 0 Å². The zero-order valence-corrected chi connectivity index (χ0v) is 10.5. The molecule has 0 amide bonds. The highest BCUT2D eigenvalue weighted by molar-refractivity contribution is 9.10. The lowest BCUT2D eigenvalue weighted by molar-refractivity contribution is 0.0854. The minimum Gasteiger partial charge on any atom is -0.397 e. The van der Waals surface area contributed by atoms with Crippen LogP contribution in [0.3, 0.4) is 0 Å². The molecule has 0 aromatic carbocycles. The molecule has 0 aliphatic carbocycles. The van der Waals surface area contributed by atoms with Gasteiger partial charge in [0.2, 0.25) is 0 Å². The Kier molecular flexibility index (Phi) is 3.49. The molecule has 1 aromatic rings. The van der Waals surface area contributed by atoms with Gasteiger partial charge in [-0.1, -0.05) is 11.6 Å². The van der Waals surface area contributed by atoms with Gasteiger partial charge in [-0.25, -0.2) is 4.98 Å². The first kappa shape index (κ1) is 11.2. The van der Waals surface area contributed by atoms with E-state index in [0.717, 1.165) is 31.6 Å². The van der Waals surface area contributed by atoms with E-state index in [-0.39, 0.29) is 0 Å². The van der Waals surface area contributed by atoms with Crippen molar-refractivity contribution < 1.29 is 4.74 Å². The highest BCUT2D eigenvalue weighted by Crippen LogP contribution is 2.36. The summed E-state index contributed by atoms with van der Waals surface area (Å²) in [6, 6.07) is 0. The van der Waals surface area contributed by atoms with Gasteiger partial charge < -0.3 is 10.5 Å². The third-order valence-electron chi connectivity index (χ3n) is 2.71. The van der Waals surface area contributed by atoms with Crippen LogP contribution in [0.15, 0.2) is 10.7 Å². The number of hydrogen-bond donors (Lipinski definition) is 1. The Balaban J connectivity index is 2.31. The second-order valence-electron chi connectivity index (χ2n) is 3.62. The normalized spacial score (nSPS) is 18.0. The molecule has 1 saturated heterocycles. The van der Waals surface area contributed by atoms with E-state index in [9.17, 15) is 0 Å². The first-order valence-corrected chi connectivity index (χ1v) is 6.04. The summed E-state index contributed by atoms with van der Waals surface area (Å²) in [7, 11) is 0. The fourth-order valence-electron chi connectivity index (χ4n) is 1.82. The number of nitrogens with two attached hydrogens (primary N) is 1. The van der Waals surface area contributed by atoms with Crippen LogP contribution in [0.4, 0.5) is 5.69 Å². The molecule has 15 heavy (non-hydrogen) atoms. The molecule has 3 nitrogen and oxygen atoms in total. The number of halogens is 2. The van der Waals surface area contributed by atoms with Gasteiger partial charge in [0.1, 0.15) is 5.15 Å². The standard InChI is InChI=1S/C10H12BrClN2O/c11-8-9(13)7(5-14-10(8)12)6-1-3-15-4-2-6/h5-6H,1-4H2,(H2,13,14). The lowest BCUT2D eigenvalue weighted by atomic mass is 9.92. The number of aromatic nitrogens is 1. The highest BCUT2D eigenvalue weighted by Gasteiger charge is 2.20. The Bertz CT molecular complexity index is 367. The minimum absolute atomic E-state index is 0.420. The van der Waals surface area contributed by atoms with E-state index in [1.807, 2.05) is 0 Å². The molecule has 2 rings (SSSR count). The van der Waals surface area contributed by atoms with Gasteiger partial charge in [0.25, 0.3) is 0 Å². The van der Waals surface area contributed by atoms with Gasteiger partial charge in [-0.15, -0.1) is 0 Å². The maximum atomic E-state index is 6.00. The molecule has 2 heterocycles. The Hall–Kier alpha value is -0.320. The zero-order chi connectivity index (χ0) is 10.8. The van der Waals surface area contributed by atoms with Gasteiger partial charge in [-0.05, 0) is 40.3 Å². The van der Waals surface area contributed by atoms with Crippen LogP contribution in [0.1, 0.15) is 24.3 Å². The molecule has 2 N–H and O–H groups in total. The summed E-state index contributed by atoms with van der Waals surface area (Å²) in [5, 5.41) is 0.420. The van der Waals surface area contributed by atoms with E-state index >= 15 is 0 Å². The molecule has 0 spiro atoms. The second kappa shape index (κ2) is 4.68. The number of hydrogen-bond acceptors (Lipinski definition) is 3. The van der Waals surface area contributed by atoms with Crippen LogP contribution >= 0.6 is 27.5 Å². The van der Waals surface area contributed by atoms with Crippen molar-refractivity contribution in [3.8, 4) is 0 Å². The van der Waals surface area contributed by atoms with E-state index in [0.29, 0.717) is 21.2 Å². The van der Waals surface area contributed by atoms with E-state index in [2.05, 4.69) is 20.9 Å². The molecular formula is C10H12BrClN2O. The van der Waals surface area contributed by atoms with Crippen molar-refractivity contribution in [2.45, 2.75) is 18.8 Å². The average molecular weight is 292 g/mol. The van der Waals surface area contributed by atoms with Crippen LogP contribution < -0.4 is 5.73 Å². The number of nitrogen functional groups attached to an aromatic ring is 1. The van der Waals surface area contributed by atoms with Crippen molar-refractivity contribution in [3.05, 3.63) is 21.4 Å². The fourth-order valence-corrected chi connectivity index (χ4v) is 2.31. The largest absolute Gasteiger partial charge is 0.397 e. The van der Waals surface area contributed by atoms with E-state index in [1.54, 1.807) is 6.20 Å². The molecular weight excluding hydrogens is 279 g/mol. The lowest BCUT2D eigenvalue weighted by Gasteiger charge is -2.23. The van der Waals surface area contributed by atoms with Gasteiger partial charge in [0.05, 0.1) is 10.2 Å². The van der Waals surface area contributed by atoms with Crippen molar-refractivity contribution in [2.75, 3.05) is 18.9 Å². The summed E-state index contributed by atoms with van der Waals surface area (Å²) in [5.74, 6) is 0.444. The molecule has 1 fully saturated rings. The predicted molar refractivity (Wildman–Crippen MR) is 64.2 cm³/mol.